The Morgan fingerprint density at radius 2 is 1.88 bits per heavy atom. The minimum Gasteiger partial charge on any atom is -0.497 e. The van der Waals surface area contributed by atoms with Gasteiger partial charge in [0.25, 0.3) is 5.91 Å². The number of hydrogen-bond donors (Lipinski definition) is 0. The van der Waals surface area contributed by atoms with Crippen LogP contribution in [0, 0.1) is 6.92 Å². The van der Waals surface area contributed by atoms with Crippen molar-refractivity contribution in [3.63, 3.8) is 0 Å². The van der Waals surface area contributed by atoms with Crippen LogP contribution in [0.25, 0.3) is 0 Å². The van der Waals surface area contributed by atoms with Gasteiger partial charge in [-0.2, -0.15) is 0 Å². The Morgan fingerprint density at radius 3 is 2.62 bits per heavy atom. The van der Waals surface area contributed by atoms with Crippen LogP contribution in [0.5, 0.6) is 5.75 Å². The maximum absolute atomic E-state index is 13.1. The second-order valence-corrected chi connectivity index (χ2v) is 8.37. The maximum atomic E-state index is 13.1. The standard InChI is InChI=1S/C26H29N3O5/c1-19-13-24(27-34-19)26(31)29-16-23(33-18-21-9-6-10-22(14-21)32-2)15-28(25(30)17-29)12-11-20-7-4-3-5-8-20/h3-10,13-14,23H,11-12,15-18H2,1-2H3. The predicted octanol–water partition coefficient (Wildman–Crippen LogP) is 3.10. The molecule has 3 aromatic rings. The van der Waals surface area contributed by atoms with Crippen LogP contribution in [0.4, 0.5) is 0 Å². The molecule has 0 bridgehead atoms. The van der Waals surface area contributed by atoms with Gasteiger partial charge in [0, 0.05) is 25.7 Å². The number of carbonyl (C=O) groups excluding carboxylic acids is 2. The van der Waals surface area contributed by atoms with Crippen molar-refractivity contribution in [2.75, 3.05) is 33.3 Å². The van der Waals surface area contributed by atoms with Crippen LogP contribution in [0.2, 0.25) is 0 Å². The Morgan fingerprint density at radius 1 is 1.09 bits per heavy atom. The van der Waals surface area contributed by atoms with Crippen LogP contribution in [0.1, 0.15) is 27.4 Å². The third-order valence-corrected chi connectivity index (χ3v) is 5.79. The van der Waals surface area contributed by atoms with E-state index in [0.29, 0.717) is 25.5 Å². The van der Waals surface area contributed by atoms with Gasteiger partial charge in [0.2, 0.25) is 5.91 Å². The lowest BCUT2D eigenvalue weighted by Gasteiger charge is -2.25. The summed E-state index contributed by atoms with van der Waals surface area (Å²) in [5, 5.41) is 3.83. The molecule has 1 aliphatic rings. The van der Waals surface area contributed by atoms with Crippen LogP contribution in [-0.4, -0.2) is 66.2 Å². The van der Waals surface area contributed by atoms with Crippen molar-refractivity contribution in [3.05, 3.63) is 83.2 Å². The molecule has 0 saturated carbocycles. The molecule has 2 aromatic carbocycles. The summed E-state index contributed by atoms with van der Waals surface area (Å²) >= 11 is 0. The minimum atomic E-state index is -0.356. The molecular weight excluding hydrogens is 434 g/mol. The maximum Gasteiger partial charge on any atom is 0.276 e. The molecule has 0 spiro atoms. The van der Waals surface area contributed by atoms with E-state index in [-0.39, 0.29) is 36.7 Å². The molecule has 0 N–H and O–H groups in total. The van der Waals surface area contributed by atoms with Crippen molar-refractivity contribution in [2.24, 2.45) is 0 Å². The van der Waals surface area contributed by atoms with E-state index in [9.17, 15) is 9.59 Å². The molecule has 0 radical (unpaired) electrons. The number of ether oxygens (including phenoxy) is 2. The first-order valence-corrected chi connectivity index (χ1v) is 11.3. The summed E-state index contributed by atoms with van der Waals surface area (Å²) in [6, 6.07) is 19.3. The number of benzene rings is 2. The molecule has 1 fully saturated rings. The highest BCUT2D eigenvalue weighted by atomic mass is 16.5. The van der Waals surface area contributed by atoms with E-state index in [1.165, 1.54) is 4.90 Å². The number of carbonyl (C=O) groups is 2. The monoisotopic (exact) mass is 463 g/mol. The van der Waals surface area contributed by atoms with E-state index in [1.807, 2.05) is 54.6 Å². The lowest BCUT2D eigenvalue weighted by Crippen LogP contribution is -2.40. The highest BCUT2D eigenvalue weighted by Gasteiger charge is 2.32. The Balaban J connectivity index is 1.49. The number of aryl methyl sites for hydroxylation is 1. The van der Waals surface area contributed by atoms with Gasteiger partial charge in [-0.3, -0.25) is 9.59 Å². The van der Waals surface area contributed by atoms with Gasteiger partial charge in [-0.25, -0.2) is 0 Å². The third-order valence-electron chi connectivity index (χ3n) is 5.79. The summed E-state index contributed by atoms with van der Waals surface area (Å²) in [6.45, 7) is 3.27. The first-order valence-electron chi connectivity index (χ1n) is 11.3. The topological polar surface area (TPSA) is 85.1 Å². The molecule has 4 rings (SSSR count). The average molecular weight is 464 g/mol. The Bertz CT molecular complexity index is 1110. The Hall–Kier alpha value is -3.65. The van der Waals surface area contributed by atoms with E-state index in [2.05, 4.69) is 5.16 Å². The van der Waals surface area contributed by atoms with Gasteiger partial charge in [0.15, 0.2) is 5.69 Å². The highest BCUT2D eigenvalue weighted by Crippen LogP contribution is 2.17. The van der Waals surface area contributed by atoms with E-state index in [4.69, 9.17) is 14.0 Å². The number of aromatic nitrogens is 1. The molecule has 1 unspecified atom stereocenters. The molecule has 8 nitrogen and oxygen atoms in total. The van der Waals surface area contributed by atoms with Crippen LogP contribution in [0.3, 0.4) is 0 Å². The lowest BCUT2D eigenvalue weighted by molar-refractivity contribution is -0.131. The number of rotatable bonds is 8. The first-order chi connectivity index (χ1) is 16.5. The molecular formula is C26H29N3O5. The third kappa shape index (κ3) is 6.02. The summed E-state index contributed by atoms with van der Waals surface area (Å²) in [7, 11) is 1.62. The summed E-state index contributed by atoms with van der Waals surface area (Å²) in [5.74, 6) is 0.835. The lowest BCUT2D eigenvalue weighted by atomic mass is 10.1. The largest absolute Gasteiger partial charge is 0.497 e. The van der Waals surface area contributed by atoms with Crippen molar-refractivity contribution in [1.82, 2.24) is 15.0 Å². The van der Waals surface area contributed by atoms with Crippen LogP contribution < -0.4 is 4.74 Å². The quantitative estimate of drug-likeness (QED) is 0.510. The van der Waals surface area contributed by atoms with E-state index < -0.39 is 0 Å². The van der Waals surface area contributed by atoms with Crippen LogP contribution >= 0.6 is 0 Å². The molecule has 1 aromatic heterocycles. The van der Waals surface area contributed by atoms with Gasteiger partial charge in [0.1, 0.15) is 18.1 Å². The van der Waals surface area contributed by atoms with Gasteiger partial charge in [-0.05, 0) is 36.6 Å². The molecule has 178 valence electrons. The van der Waals surface area contributed by atoms with E-state index in [0.717, 1.165) is 23.3 Å². The predicted molar refractivity (Wildman–Crippen MR) is 125 cm³/mol. The molecule has 0 aliphatic carbocycles. The van der Waals surface area contributed by atoms with Crippen molar-refractivity contribution in [3.8, 4) is 5.75 Å². The second kappa shape index (κ2) is 11.0. The highest BCUT2D eigenvalue weighted by molar-refractivity contribution is 5.95. The molecule has 8 heteroatoms. The first kappa shape index (κ1) is 23.5. The smallest absolute Gasteiger partial charge is 0.276 e. The zero-order chi connectivity index (χ0) is 23.9. The fourth-order valence-corrected chi connectivity index (χ4v) is 3.97. The van der Waals surface area contributed by atoms with Gasteiger partial charge in [-0.15, -0.1) is 0 Å². The number of nitrogens with zero attached hydrogens (tertiary/aromatic N) is 3. The second-order valence-electron chi connectivity index (χ2n) is 8.37. The molecule has 1 atom stereocenters. The van der Waals surface area contributed by atoms with Gasteiger partial charge >= 0.3 is 0 Å². The number of amides is 2. The molecule has 2 amide bonds. The SMILES string of the molecule is COc1cccc(COC2CN(CCc3ccccc3)C(=O)CN(C(=O)c3cc(C)on3)C2)c1. The normalized spacial score (nSPS) is 16.4. The molecule has 1 saturated heterocycles. The number of methoxy groups -OCH3 is 1. The van der Waals surface area contributed by atoms with Crippen molar-refractivity contribution in [1.29, 1.82) is 0 Å². The molecule has 1 aliphatic heterocycles. The summed E-state index contributed by atoms with van der Waals surface area (Å²) in [5.41, 5.74) is 2.30. The van der Waals surface area contributed by atoms with E-state index in [1.54, 1.807) is 25.0 Å². The van der Waals surface area contributed by atoms with Crippen molar-refractivity contribution < 1.29 is 23.6 Å². The van der Waals surface area contributed by atoms with Gasteiger partial charge < -0.3 is 23.8 Å². The zero-order valence-corrected chi connectivity index (χ0v) is 19.5. The van der Waals surface area contributed by atoms with Gasteiger partial charge in [-0.1, -0.05) is 47.6 Å². The van der Waals surface area contributed by atoms with Crippen molar-refractivity contribution >= 4 is 11.8 Å². The van der Waals surface area contributed by atoms with Crippen LogP contribution in [-0.2, 0) is 22.6 Å². The van der Waals surface area contributed by atoms with Crippen LogP contribution in [0.15, 0.2) is 65.2 Å². The fourth-order valence-electron chi connectivity index (χ4n) is 3.97. The average Bonchev–Trinajstić information content (AvgIpc) is 3.23. The minimum absolute atomic E-state index is 0.0292. The number of hydrogen-bond acceptors (Lipinski definition) is 6. The zero-order valence-electron chi connectivity index (χ0n) is 19.5. The Kier molecular flexibility index (Phi) is 7.59. The van der Waals surface area contributed by atoms with E-state index >= 15 is 0 Å². The van der Waals surface area contributed by atoms with Gasteiger partial charge in [0.05, 0.1) is 19.8 Å². The molecule has 2 heterocycles. The fraction of sp³-hybridized carbons (Fsp3) is 0.346. The summed E-state index contributed by atoms with van der Waals surface area (Å²) < 4.78 is 16.6. The summed E-state index contributed by atoms with van der Waals surface area (Å²) in [6.07, 6.45) is 0.372. The Labute approximate surface area is 199 Å². The van der Waals surface area contributed by atoms with Crippen molar-refractivity contribution in [2.45, 2.75) is 26.1 Å². The molecule has 34 heavy (non-hydrogen) atoms. The summed E-state index contributed by atoms with van der Waals surface area (Å²) in [4.78, 5) is 29.4.